The lowest BCUT2D eigenvalue weighted by Crippen LogP contribution is -2.42. The zero-order valence-corrected chi connectivity index (χ0v) is 9.97. The largest absolute Gasteiger partial charge is 0.425 e. The van der Waals surface area contributed by atoms with Gasteiger partial charge < -0.3 is 9.84 Å². The van der Waals surface area contributed by atoms with Crippen LogP contribution in [0.5, 0.6) is 0 Å². The molecule has 0 bridgehead atoms. The van der Waals surface area contributed by atoms with Crippen molar-refractivity contribution in [3.05, 3.63) is 35.9 Å². The number of hydrogen-bond donors (Lipinski definition) is 1. The van der Waals surface area contributed by atoms with Crippen LogP contribution in [-0.4, -0.2) is 22.6 Å². The number of ketones is 1. The van der Waals surface area contributed by atoms with Crippen molar-refractivity contribution in [2.24, 2.45) is 0 Å². The minimum absolute atomic E-state index is 0.0836. The molecule has 1 atom stereocenters. The number of ether oxygens (including phenoxy) is 1. The molecule has 0 aliphatic carbocycles. The number of hydrogen-bond acceptors (Lipinski definition) is 4. The second kappa shape index (κ2) is 5.59. The zero-order chi connectivity index (χ0) is 12.9. The van der Waals surface area contributed by atoms with E-state index in [-0.39, 0.29) is 6.42 Å². The molecule has 0 radical (unpaired) electrons. The maximum absolute atomic E-state index is 12.1. The Hall–Kier alpha value is -1.68. The van der Waals surface area contributed by atoms with Gasteiger partial charge in [-0.25, -0.2) is 0 Å². The fourth-order valence-electron chi connectivity index (χ4n) is 1.60. The quantitative estimate of drug-likeness (QED) is 0.482. The highest BCUT2D eigenvalue weighted by Crippen LogP contribution is 2.21. The average Bonchev–Trinajstić information content (AvgIpc) is 2.28. The second-order valence-electron chi connectivity index (χ2n) is 3.82. The Labute approximate surface area is 100 Å². The second-order valence-corrected chi connectivity index (χ2v) is 3.82. The number of carbonyl (C=O) groups excluding carboxylic acids is 2. The molecule has 0 saturated heterocycles. The van der Waals surface area contributed by atoms with E-state index in [0.29, 0.717) is 12.0 Å². The van der Waals surface area contributed by atoms with Crippen LogP contribution in [0.1, 0.15) is 37.0 Å². The maximum Gasteiger partial charge on any atom is 0.305 e. The summed E-state index contributed by atoms with van der Waals surface area (Å²) in [6.07, 6.45) is 0.614. The fraction of sp³-hybridized carbons (Fsp3) is 0.385. The van der Waals surface area contributed by atoms with Gasteiger partial charge in [0.1, 0.15) is 0 Å². The van der Waals surface area contributed by atoms with Crippen LogP contribution in [0.25, 0.3) is 0 Å². The standard InChI is InChI=1S/C13H16O4/c1-3-9-13(16,17-10(2)14)12(15)11-7-5-4-6-8-11/h4-8,16H,3,9H2,1-2H3. The molecule has 0 amide bonds. The van der Waals surface area contributed by atoms with Gasteiger partial charge in [0.15, 0.2) is 0 Å². The van der Waals surface area contributed by atoms with Gasteiger partial charge in [0.2, 0.25) is 5.78 Å². The number of benzene rings is 1. The van der Waals surface area contributed by atoms with E-state index in [9.17, 15) is 14.7 Å². The highest BCUT2D eigenvalue weighted by Gasteiger charge is 2.39. The van der Waals surface area contributed by atoms with Gasteiger partial charge in [-0.15, -0.1) is 0 Å². The van der Waals surface area contributed by atoms with Crippen molar-refractivity contribution in [1.82, 2.24) is 0 Å². The lowest BCUT2D eigenvalue weighted by molar-refractivity contribution is -0.189. The molecule has 92 valence electrons. The first-order chi connectivity index (χ1) is 7.99. The van der Waals surface area contributed by atoms with E-state index < -0.39 is 17.5 Å². The normalized spacial score (nSPS) is 13.8. The Morgan fingerprint density at radius 1 is 1.29 bits per heavy atom. The molecular weight excluding hydrogens is 220 g/mol. The minimum atomic E-state index is -2.05. The lowest BCUT2D eigenvalue weighted by atomic mass is 9.99. The van der Waals surface area contributed by atoms with Crippen molar-refractivity contribution in [2.75, 3.05) is 0 Å². The van der Waals surface area contributed by atoms with Gasteiger partial charge in [0.25, 0.3) is 5.79 Å². The Morgan fingerprint density at radius 2 is 1.88 bits per heavy atom. The summed E-state index contributed by atoms with van der Waals surface area (Å²) in [6, 6.07) is 8.29. The van der Waals surface area contributed by atoms with Gasteiger partial charge in [-0.05, 0) is 6.42 Å². The molecule has 0 heterocycles. The first-order valence-electron chi connectivity index (χ1n) is 5.51. The summed E-state index contributed by atoms with van der Waals surface area (Å²) in [4.78, 5) is 23.0. The molecule has 0 fully saturated rings. The van der Waals surface area contributed by atoms with Gasteiger partial charge >= 0.3 is 5.97 Å². The summed E-state index contributed by atoms with van der Waals surface area (Å²) in [5, 5.41) is 10.1. The van der Waals surface area contributed by atoms with E-state index in [1.165, 1.54) is 6.92 Å². The monoisotopic (exact) mass is 236 g/mol. The van der Waals surface area contributed by atoms with Crippen molar-refractivity contribution in [1.29, 1.82) is 0 Å². The number of aliphatic hydroxyl groups is 1. The highest BCUT2D eigenvalue weighted by atomic mass is 16.7. The third-order valence-electron chi connectivity index (χ3n) is 2.29. The van der Waals surface area contributed by atoms with Crippen molar-refractivity contribution in [3.8, 4) is 0 Å². The third-order valence-corrected chi connectivity index (χ3v) is 2.29. The van der Waals surface area contributed by atoms with Crippen molar-refractivity contribution in [2.45, 2.75) is 32.5 Å². The molecule has 4 heteroatoms. The van der Waals surface area contributed by atoms with Crippen LogP contribution in [0.3, 0.4) is 0 Å². The molecular formula is C13H16O4. The summed E-state index contributed by atoms with van der Waals surface area (Å²) < 4.78 is 4.76. The molecule has 0 aromatic heterocycles. The Kier molecular flexibility index (Phi) is 4.40. The Bertz CT molecular complexity index is 399. The number of esters is 1. The molecule has 1 rings (SSSR count). The molecule has 4 nitrogen and oxygen atoms in total. The van der Waals surface area contributed by atoms with Gasteiger partial charge in [0.05, 0.1) is 0 Å². The van der Waals surface area contributed by atoms with E-state index in [4.69, 9.17) is 4.74 Å². The van der Waals surface area contributed by atoms with Crippen molar-refractivity contribution < 1.29 is 19.4 Å². The number of carbonyl (C=O) groups is 2. The van der Waals surface area contributed by atoms with Crippen LogP contribution in [0.4, 0.5) is 0 Å². The molecule has 17 heavy (non-hydrogen) atoms. The van der Waals surface area contributed by atoms with E-state index in [0.717, 1.165) is 0 Å². The average molecular weight is 236 g/mol. The number of Topliss-reactive ketones (excluding diaryl/α,β-unsaturated/α-hetero) is 1. The predicted molar refractivity (Wildman–Crippen MR) is 62.4 cm³/mol. The van der Waals surface area contributed by atoms with Crippen molar-refractivity contribution >= 4 is 11.8 Å². The van der Waals surface area contributed by atoms with E-state index in [1.54, 1.807) is 37.3 Å². The molecule has 0 aliphatic rings. The van der Waals surface area contributed by atoms with Gasteiger partial charge in [0, 0.05) is 18.9 Å². The van der Waals surface area contributed by atoms with Crippen LogP contribution >= 0.6 is 0 Å². The van der Waals surface area contributed by atoms with Crippen LogP contribution in [0.2, 0.25) is 0 Å². The smallest absolute Gasteiger partial charge is 0.305 e. The lowest BCUT2D eigenvalue weighted by Gasteiger charge is -2.25. The summed E-state index contributed by atoms with van der Waals surface area (Å²) >= 11 is 0. The molecule has 1 aromatic carbocycles. The summed E-state index contributed by atoms with van der Waals surface area (Å²) in [6.45, 7) is 2.96. The highest BCUT2D eigenvalue weighted by molar-refractivity contribution is 6.02. The first-order valence-corrected chi connectivity index (χ1v) is 5.51. The molecule has 0 saturated carbocycles. The molecule has 0 spiro atoms. The molecule has 1 N–H and O–H groups in total. The van der Waals surface area contributed by atoms with Gasteiger partial charge in [-0.2, -0.15) is 0 Å². The minimum Gasteiger partial charge on any atom is -0.425 e. The Balaban J connectivity index is 2.98. The summed E-state index contributed by atoms with van der Waals surface area (Å²) in [5.41, 5.74) is 0.324. The van der Waals surface area contributed by atoms with E-state index in [2.05, 4.69) is 0 Å². The first kappa shape index (κ1) is 13.4. The topological polar surface area (TPSA) is 63.6 Å². The molecule has 0 aliphatic heterocycles. The summed E-state index contributed by atoms with van der Waals surface area (Å²) in [5.74, 6) is -3.32. The van der Waals surface area contributed by atoms with Crippen LogP contribution in [0.15, 0.2) is 30.3 Å². The van der Waals surface area contributed by atoms with Crippen LogP contribution in [0, 0.1) is 0 Å². The fourth-order valence-corrected chi connectivity index (χ4v) is 1.60. The van der Waals surface area contributed by atoms with Crippen molar-refractivity contribution in [3.63, 3.8) is 0 Å². The molecule has 1 aromatic rings. The third kappa shape index (κ3) is 3.39. The van der Waals surface area contributed by atoms with Crippen LogP contribution < -0.4 is 0 Å². The SMILES string of the molecule is CCCC(O)(OC(C)=O)C(=O)c1ccccc1. The van der Waals surface area contributed by atoms with E-state index >= 15 is 0 Å². The maximum atomic E-state index is 12.1. The predicted octanol–water partition coefficient (Wildman–Crippen LogP) is 1.92. The Morgan fingerprint density at radius 3 is 2.35 bits per heavy atom. The van der Waals surface area contributed by atoms with Gasteiger partial charge in [-0.1, -0.05) is 37.3 Å². The van der Waals surface area contributed by atoms with Crippen LogP contribution in [-0.2, 0) is 9.53 Å². The summed E-state index contributed by atoms with van der Waals surface area (Å²) in [7, 11) is 0. The number of rotatable bonds is 5. The molecule has 1 unspecified atom stereocenters. The zero-order valence-electron chi connectivity index (χ0n) is 9.97. The van der Waals surface area contributed by atoms with E-state index in [1.807, 2.05) is 0 Å². The van der Waals surface area contributed by atoms with Gasteiger partial charge in [-0.3, -0.25) is 9.59 Å².